The zero-order valence-corrected chi connectivity index (χ0v) is 8.12. The molecule has 0 bridgehead atoms. The van der Waals surface area contributed by atoms with E-state index in [1.165, 1.54) is 25.1 Å². The van der Waals surface area contributed by atoms with Crippen LogP contribution in [0.5, 0.6) is 0 Å². The van der Waals surface area contributed by atoms with Gasteiger partial charge in [-0.15, -0.1) is 0 Å². The molecule has 2 atom stereocenters. The molecule has 1 rings (SSSR count). The van der Waals surface area contributed by atoms with Crippen LogP contribution < -0.4 is 5.73 Å². The Balaban J connectivity index is 3.18. The molecule has 0 heterocycles. The van der Waals surface area contributed by atoms with E-state index >= 15 is 0 Å². The molecular formula is C10H12F3NO. The SMILES string of the molecule is CC(O)C(N)c1ccccc1C(F)(F)F. The van der Waals surface area contributed by atoms with E-state index < -0.39 is 23.9 Å². The molecule has 2 unspecified atom stereocenters. The summed E-state index contributed by atoms with van der Waals surface area (Å²) in [7, 11) is 0. The van der Waals surface area contributed by atoms with Crippen molar-refractivity contribution in [1.82, 2.24) is 0 Å². The van der Waals surface area contributed by atoms with Gasteiger partial charge in [0.2, 0.25) is 0 Å². The van der Waals surface area contributed by atoms with Gasteiger partial charge in [0.05, 0.1) is 17.7 Å². The van der Waals surface area contributed by atoms with Crippen molar-refractivity contribution in [1.29, 1.82) is 0 Å². The van der Waals surface area contributed by atoms with Crippen LogP contribution in [0.25, 0.3) is 0 Å². The second kappa shape index (κ2) is 4.20. The van der Waals surface area contributed by atoms with Crippen molar-refractivity contribution in [3.63, 3.8) is 0 Å². The Morgan fingerprint density at radius 2 is 1.80 bits per heavy atom. The lowest BCUT2D eigenvalue weighted by molar-refractivity contribution is -0.138. The second-order valence-corrected chi connectivity index (χ2v) is 3.35. The molecule has 0 saturated heterocycles. The van der Waals surface area contributed by atoms with Gasteiger partial charge < -0.3 is 10.8 Å². The van der Waals surface area contributed by atoms with Crippen LogP contribution in [-0.4, -0.2) is 11.2 Å². The van der Waals surface area contributed by atoms with E-state index in [1.807, 2.05) is 0 Å². The van der Waals surface area contributed by atoms with Crippen molar-refractivity contribution in [3.8, 4) is 0 Å². The first kappa shape index (κ1) is 12.0. The van der Waals surface area contributed by atoms with E-state index in [1.54, 1.807) is 0 Å². The summed E-state index contributed by atoms with van der Waals surface area (Å²) in [4.78, 5) is 0. The minimum atomic E-state index is -4.44. The number of hydrogen-bond acceptors (Lipinski definition) is 2. The molecule has 0 saturated carbocycles. The van der Waals surface area contributed by atoms with Gasteiger partial charge in [-0.1, -0.05) is 18.2 Å². The molecule has 0 amide bonds. The Hall–Kier alpha value is -1.07. The van der Waals surface area contributed by atoms with E-state index in [0.29, 0.717) is 0 Å². The van der Waals surface area contributed by atoms with Gasteiger partial charge in [0.15, 0.2) is 0 Å². The fraction of sp³-hybridized carbons (Fsp3) is 0.400. The normalized spacial score (nSPS) is 16.1. The maximum absolute atomic E-state index is 12.5. The molecule has 84 valence electrons. The molecule has 2 nitrogen and oxygen atoms in total. The van der Waals surface area contributed by atoms with E-state index in [4.69, 9.17) is 5.73 Å². The first-order chi connectivity index (χ1) is 6.84. The van der Waals surface area contributed by atoms with Crippen molar-refractivity contribution >= 4 is 0 Å². The Bertz CT molecular complexity index is 336. The quantitative estimate of drug-likeness (QED) is 0.800. The molecule has 0 fully saturated rings. The number of hydrogen-bond donors (Lipinski definition) is 2. The summed E-state index contributed by atoms with van der Waals surface area (Å²) in [5.41, 5.74) is 4.61. The topological polar surface area (TPSA) is 46.2 Å². The average Bonchev–Trinajstić information content (AvgIpc) is 2.15. The fourth-order valence-corrected chi connectivity index (χ4v) is 1.31. The van der Waals surface area contributed by atoms with Gasteiger partial charge in [0.25, 0.3) is 0 Å². The van der Waals surface area contributed by atoms with E-state index in [9.17, 15) is 18.3 Å². The van der Waals surface area contributed by atoms with Gasteiger partial charge in [-0.2, -0.15) is 13.2 Å². The standard InChI is InChI=1S/C10H12F3NO/c1-6(15)9(14)7-4-2-3-5-8(7)10(11,12)13/h2-6,9,15H,14H2,1H3. The van der Waals surface area contributed by atoms with Gasteiger partial charge in [-0.05, 0) is 18.6 Å². The molecule has 0 aliphatic rings. The summed E-state index contributed by atoms with van der Waals surface area (Å²) >= 11 is 0. The number of aliphatic hydroxyl groups is 1. The van der Waals surface area contributed by atoms with Crippen LogP contribution in [0.15, 0.2) is 24.3 Å². The van der Waals surface area contributed by atoms with Crippen LogP contribution in [0.4, 0.5) is 13.2 Å². The van der Waals surface area contributed by atoms with Gasteiger partial charge in [0, 0.05) is 0 Å². The maximum atomic E-state index is 12.5. The Morgan fingerprint density at radius 1 is 1.27 bits per heavy atom. The molecule has 0 aliphatic carbocycles. The molecule has 0 aliphatic heterocycles. The Kier molecular flexibility index (Phi) is 3.36. The zero-order valence-electron chi connectivity index (χ0n) is 8.12. The average molecular weight is 219 g/mol. The van der Waals surface area contributed by atoms with Crippen LogP contribution >= 0.6 is 0 Å². The number of rotatable bonds is 2. The van der Waals surface area contributed by atoms with Crippen LogP contribution in [0.2, 0.25) is 0 Å². The van der Waals surface area contributed by atoms with Crippen LogP contribution in [0, 0.1) is 0 Å². The van der Waals surface area contributed by atoms with Crippen LogP contribution in [0.3, 0.4) is 0 Å². The van der Waals surface area contributed by atoms with Crippen molar-refractivity contribution in [2.45, 2.75) is 25.2 Å². The van der Waals surface area contributed by atoms with Crippen molar-refractivity contribution in [2.75, 3.05) is 0 Å². The van der Waals surface area contributed by atoms with Crippen LogP contribution in [-0.2, 0) is 6.18 Å². The molecule has 0 aromatic heterocycles. The number of nitrogens with two attached hydrogens (primary N) is 1. The van der Waals surface area contributed by atoms with E-state index in [0.717, 1.165) is 6.07 Å². The highest BCUT2D eigenvalue weighted by atomic mass is 19.4. The minimum Gasteiger partial charge on any atom is -0.391 e. The molecule has 0 radical (unpaired) electrons. The summed E-state index contributed by atoms with van der Waals surface area (Å²) in [5.74, 6) is 0. The smallest absolute Gasteiger partial charge is 0.391 e. The predicted molar refractivity (Wildman–Crippen MR) is 50.1 cm³/mol. The third kappa shape index (κ3) is 2.70. The third-order valence-corrected chi connectivity index (χ3v) is 2.15. The highest BCUT2D eigenvalue weighted by Crippen LogP contribution is 2.34. The summed E-state index contributed by atoms with van der Waals surface area (Å²) in [6, 6.07) is 3.97. The largest absolute Gasteiger partial charge is 0.416 e. The van der Waals surface area contributed by atoms with Gasteiger partial charge >= 0.3 is 6.18 Å². The summed E-state index contributed by atoms with van der Waals surface area (Å²) < 4.78 is 37.6. The molecule has 5 heteroatoms. The summed E-state index contributed by atoms with van der Waals surface area (Å²) in [5, 5.41) is 9.17. The number of aliphatic hydroxyl groups excluding tert-OH is 1. The van der Waals surface area contributed by atoms with Crippen molar-refractivity contribution in [3.05, 3.63) is 35.4 Å². The molecule has 1 aromatic carbocycles. The van der Waals surface area contributed by atoms with Crippen LogP contribution in [0.1, 0.15) is 24.1 Å². The molecule has 0 spiro atoms. The first-order valence-electron chi connectivity index (χ1n) is 4.44. The minimum absolute atomic E-state index is 0.0833. The molecular weight excluding hydrogens is 207 g/mol. The molecule has 1 aromatic rings. The van der Waals surface area contributed by atoms with Gasteiger partial charge in [-0.25, -0.2) is 0 Å². The third-order valence-electron chi connectivity index (χ3n) is 2.15. The Morgan fingerprint density at radius 3 is 2.27 bits per heavy atom. The lowest BCUT2D eigenvalue weighted by atomic mass is 9.97. The first-order valence-corrected chi connectivity index (χ1v) is 4.44. The lowest BCUT2D eigenvalue weighted by Crippen LogP contribution is -2.26. The van der Waals surface area contributed by atoms with Gasteiger partial charge in [0.1, 0.15) is 0 Å². The second-order valence-electron chi connectivity index (χ2n) is 3.35. The van der Waals surface area contributed by atoms with Crippen molar-refractivity contribution < 1.29 is 18.3 Å². The van der Waals surface area contributed by atoms with Crippen molar-refractivity contribution in [2.24, 2.45) is 5.73 Å². The molecule has 3 N–H and O–H groups in total. The lowest BCUT2D eigenvalue weighted by Gasteiger charge is -2.20. The predicted octanol–water partition coefficient (Wildman–Crippen LogP) is 2.09. The highest BCUT2D eigenvalue weighted by molar-refractivity contribution is 5.32. The highest BCUT2D eigenvalue weighted by Gasteiger charge is 2.34. The summed E-state index contributed by atoms with van der Waals surface area (Å²) in [6.07, 6.45) is -5.46. The fourth-order valence-electron chi connectivity index (χ4n) is 1.31. The van der Waals surface area contributed by atoms with E-state index in [2.05, 4.69) is 0 Å². The molecule has 15 heavy (non-hydrogen) atoms. The number of alkyl halides is 3. The zero-order chi connectivity index (χ0) is 11.6. The summed E-state index contributed by atoms with van der Waals surface area (Å²) in [6.45, 7) is 1.36. The monoisotopic (exact) mass is 219 g/mol. The number of halogens is 3. The van der Waals surface area contributed by atoms with Gasteiger partial charge in [-0.3, -0.25) is 0 Å². The Labute approximate surface area is 85.5 Å². The number of benzene rings is 1. The maximum Gasteiger partial charge on any atom is 0.416 e. The van der Waals surface area contributed by atoms with E-state index in [-0.39, 0.29) is 5.56 Å².